The molecule has 3 heteroatoms. The Bertz CT molecular complexity index is 184. The first-order valence-corrected chi connectivity index (χ1v) is 8.56. The maximum Gasteiger partial charge on any atom is 0.0281 e. The van der Waals surface area contributed by atoms with Gasteiger partial charge in [0.25, 0.3) is 0 Å². The Hall–Kier alpha value is 0.660. The van der Waals surface area contributed by atoms with Gasteiger partial charge in [-0.15, -0.1) is 0 Å². The average molecular weight is 245 g/mol. The van der Waals surface area contributed by atoms with Crippen molar-refractivity contribution in [1.29, 1.82) is 0 Å². The summed E-state index contributed by atoms with van der Waals surface area (Å²) in [6.45, 7) is 2.50. The van der Waals surface area contributed by atoms with Gasteiger partial charge in [0.05, 0.1) is 0 Å². The van der Waals surface area contributed by atoms with Gasteiger partial charge in [-0.2, -0.15) is 23.5 Å². The fourth-order valence-corrected chi connectivity index (χ4v) is 4.95. The van der Waals surface area contributed by atoms with Crippen LogP contribution in [0.3, 0.4) is 0 Å². The molecule has 2 aliphatic rings. The van der Waals surface area contributed by atoms with E-state index in [1.54, 1.807) is 0 Å². The number of rotatable bonds is 5. The molecular weight excluding hydrogens is 222 g/mol. The van der Waals surface area contributed by atoms with Crippen molar-refractivity contribution in [3.63, 3.8) is 0 Å². The van der Waals surface area contributed by atoms with Crippen LogP contribution in [-0.2, 0) is 0 Å². The molecule has 15 heavy (non-hydrogen) atoms. The first-order valence-electron chi connectivity index (χ1n) is 6.18. The summed E-state index contributed by atoms with van der Waals surface area (Å²) in [6.07, 6.45) is 9.48. The Balaban J connectivity index is 1.67. The van der Waals surface area contributed by atoms with Crippen LogP contribution in [0.15, 0.2) is 0 Å². The van der Waals surface area contributed by atoms with Crippen molar-refractivity contribution in [1.82, 2.24) is 5.32 Å². The predicted octanol–water partition coefficient (Wildman–Crippen LogP) is 3.00. The van der Waals surface area contributed by atoms with Gasteiger partial charge in [-0.1, -0.05) is 12.8 Å². The van der Waals surface area contributed by atoms with E-state index in [-0.39, 0.29) is 0 Å². The van der Waals surface area contributed by atoms with E-state index in [2.05, 4.69) is 35.1 Å². The predicted molar refractivity (Wildman–Crippen MR) is 73.0 cm³/mol. The number of nitrogens with one attached hydrogen (secondary N) is 1. The van der Waals surface area contributed by atoms with Crippen LogP contribution < -0.4 is 5.32 Å². The minimum Gasteiger partial charge on any atom is -0.315 e. The Morgan fingerprint density at radius 2 is 2.20 bits per heavy atom. The molecule has 1 atom stereocenters. The molecular formula is C12H23NS2. The lowest BCUT2D eigenvalue weighted by molar-refractivity contribution is 0.475. The van der Waals surface area contributed by atoms with Crippen molar-refractivity contribution in [3.05, 3.63) is 0 Å². The molecule has 1 unspecified atom stereocenters. The minimum atomic E-state index is 0.589. The van der Waals surface area contributed by atoms with E-state index in [0.717, 1.165) is 5.92 Å². The second-order valence-corrected chi connectivity index (χ2v) is 7.38. The van der Waals surface area contributed by atoms with Gasteiger partial charge in [-0.05, 0) is 49.5 Å². The Labute approximate surface area is 103 Å². The lowest BCUT2D eigenvalue weighted by Crippen LogP contribution is -2.37. The van der Waals surface area contributed by atoms with Crippen molar-refractivity contribution in [3.8, 4) is 0 Å². The molecule has 1 aliphatic heterocycles. The Kier molecular flexibility index (Phi) is 4.71. The smallest absolute Gasteiger partial charge is 0.0281 e. The van der Waals surface area contributed by atoms with Gasteiger partial charge in [0.2, 0.25) is 0 Å². The van der Waals surface area contributed by atoms with E-state index in [4.69, 9.17) is 0 Å². The lowest BCUT2D eigenvalue weighted by atomic mass is 10.1. The summed E-state index contributed by atoms with van der Waals surface area (Å²) in [5.41, 5.74) is 0. The number of thioether (sulfide) groups is 2. The third-order valence-electron chi connectivity index (χ3n) is 3.85. The normalized spacial score (nSPS) is 29.8. The van der Waals surface area contributed by atoms with E-state index >= 15 is 0 Å². The third kappa shape index (κ3) is 3.31. The van der Waals surface area contributed by atoms with Gasteiger partial charge in [-0.3, -0.25) is 0 Å². The van der Waals surface area contributed by atoms with Crippen LogP contribution in [0.1, 0.15) is 32.1 Å². The SMILES string of the molecule is CSC1(CNCC2CCSC2)CCCC1. The van der Waals surface area contributed by atoms with Crippen LogP contribution in [0.5, 0.6) is 0 Å². The summed E-state index contributed by atoms with van der Waals surface area (Å²) in [5.74, 6) is 3.73. The van der Waals surface area contributed by atoms with Gasteiger partial charge < -0.3 is 5.32 Å². The number of hydrogen-bond acceptors (Lipinski definition) is 3. The van der Waals surface area contributed by atoms with Crippen LogP contribution in [-0.4, -0.2) is 35.6 Å². The highest BCUT2D eigenvalue weighted by molar-refractivity contribution is 8.00. The average Bonchev–Trinajstić information content (AvgIpc) is 2.89. The van der Waals surface area contributed by atoms with Crippen molar-refractivity contribution < 1.29 is 0 Å². The summed E-state index contributed by atoms with van der Waals surface area (Å²) in [4.78, 5) is 0. The molecule has 1 nitrogen and oxygen atoms in total. The molecule has 0 aromatic rings. The fourth-order valence-electron chi connectivity index (χ4n) is 2.72. The summed E-state index contributed by atoms with van der Waals surface area (Å²) in [5, 5.41) is 3.73. The Morgan fingerprint density at radius 3 is 2.80 bits per heavy atom. The zero-order valence-electron chi connectivity index (χ0n) is 9.76. The van der Waals surface area contributed by atoms with Crippen LogP contribution >= 0.6 is 23.5 Å². The van der Waals surface area contributed by atoms with Crippen molar-refractivity contribution >= 4 is 23.5 Å². The van der Waals surface area contributed by atoms with E-state index < -0.39 is 0 Å². The highest BCUT2D eigenvalue weighted by Gasteiger charge is 2.32. The van der Waals surface area contributed by atoms with Gasteiger partial charge >= 0.3 is 0 Å². The van der Waals surface area contributed by atoms with Gasteiger partial charge in [-0.25, -0.2) is 0 Å². The topological polar surface area (TPSA) is 12.0 Å². The largest absolute Gasteiger partial charge is 0.315 e. The first-order chi connectivity index (χ1) is 7.35. The van der Waals surface area contributed by atoms with Crippen LogP contribution in [0.4, 0.5) is 0 Å². The van der Waals surface area contributed by atoms with Gasteiger partial charge in [0.15, 0.2) is 0 Å². The maximum atomic E-state index is 3.73. The zero-order valence-corrected chi connectivity index (χ0v) is 11.4. The van der Waals surface area contributed by atoms with Crippen LogP contribution in [0.2, 0.25) is 0 Å². The molecule has 1 aliphatic carbocycles. The summed E-state index contributed by atoms with van der Waals surface area (Å²) in [7, 11) is 0. The molecule has 1 saturated heterocycles. The first kappa shape index (κ1) is 12.1. The quantitative estimate of drug-likeness (QED) is 0.800. The highest BCUT2D eigenvalue weighted by atomic mass is 32.2. The van der Waals surface area contributed by atoms with Crippen molar-refractivity contribution in [2.24, 2.45) is 5.92 Å². The maximum absolute atomic E-state index is 3.73. The molecule has 0 aromatic heterocycles. The number of hydrogen-bond donors (Lipinski definition) is 1. The standard InChI is InChI=1S/C12H23NS2/c1-14-12(5-2-3-6-12)10-13-8-11-4-7-15-9-11/h11,13H,2-10H2,1H3. The van der Waals surface area contributed by atoms with E-state index in [0.29, 0.717) is 4.75 Å². The van der Waals surface area contributed by atoms with Gasteiger partial charge in [0.1, 0.15) is 0 Å². The summed E-state index contributed by atoms with van der Waals surface area (Å²) < 4.78 is 0.589. The van der Waals surface area contributed by atoms with Crippen LogP contribution in [0, 0.1) is 5.92 Å². The summed E-state index contributed by atoms with van der Waals surface area (Å²) >= 11 is 4.22. The molecule has 2 fully saturated rings. The molecule has 0 spiro atoms. The second-order valence-electron chi connectivity index (χ2n) is 4.95. The monoisotopic (exact) mass is 245 g/mol. The second kappa shape index (κ2) is 5.83. The van der Waals surface area contributed by atoms with Crippen LogP contribution in [0.25, 0.3) is 0 Å². The molecule has 1 heterocycles. The molecule has 1 saturated carbocycles. The lowest BCUT2D eigenvalue weighted by Gasteiger charge is -2.27. The molecule has 0 amide bonds. The summed E-state index contributed by atoms with van der Waals surface area (Å²) in [6, 6.07) is 0. The minimum absolute atomic E-state index is 0.589. The van der Waals surface area contributed by atoms with E-state index in [1.165, 1.54) is 56.7 Å². The van der Waals surface area contributed by atoms with E-state index in [1.807, 2.05) is 0 Å². The van der Waals surface area contributed by atoms with Crippen molar-refractivity contribution in [2.75, 3.05) is 30.9 Å². The molecule has 0 radical (unpaired) electrons. The zero-order chi connectivity index (χ0) is 10.6. The Morgan fingerprint density at radius 1 is 1.40 bits per heavy atom. The van der Waals surface area contributed by atoms with E-state index in [9.17, 15) is 0 Å². The molecule has 0 aromatic carbocycles. The molecule has 88 valence electrons. The van der Waals surface area contributed by atoms with Crippen molar-refractivity contribution in [2.45, 2.75) is 36.9 Å². The molecule has 2 rings (SSSR count). The molecule has 0 bridgehead atoms. The molecule has 1 N–H and O–H groups in total. The highest BCUT2D eigenvalue weighted by Crippen LogP contribution is 2.39. The third-order valence-corrected chi connectivity index (χ3v) is 6.50. The van der Waals surface area contributed by atoms with Gasteiger partial charge in [0, 0.05) is 11.3 Å². The fraction of sp³-hybridized carbons (Fsp3) is 1.00.